The molecule has 2 aromatic rings. The Hall–Kier alpha value is -1.55. The van der Waals surface area contributed by atoms with E-state index >= 15 is 0 Å². The zero-order valence-corrected chi connectivity index (χ0v) is 11.9. The summed E-state index contributed by atoms with van der Waals surface area (Å²) in [6.07, 6.45) is 4.87. The number of aromatic nitrogens is 1. The Balaban J connectivity index is 1.93. The summed E-state index contributed by atoms with van der Waals surface area (Å²) in [6.45, 7) is 4.42. The van der Waals surface area contributed by atoms with Gasteiger partial charge in [-0.1, -0.05) is 30.8 Å². The van der Waals surface area contributed by atoms with Crippen molar-refractivity contribution in [3.05, 3.63) is 36.7 Å². The van der Waals surface area contributed by atoms with E-state index in [1.165, 1.54) is 5.39 Å². The Morgan fingerprint density at radius 3 is 3.00 bits per heavy atom. The Morgan fingerprint density at radius 1 is 1.26 bits per heavy atom. The van der Waals surface area contributed by atoms with E-state index in [2.05, 4.69) is 47.3 Å². The average Bonchev–Trinajstić information content (AvgIpc) is 2.38. The zero-order valence-electron chi connectivity index (χ0n) is 11.1. The van der Waals surface area contributed by atoms with E-state index in [0.717, 1.165) is 22.7 Å². The summed E-state index contributed by atoms with van der Waals surface area (Å²) in [7, 11) is 0. The highest BCUT2D eigenvalue weighted by molar-refractivity contribution is 8.14. The molecule has 0 amide bonds. The molecule has 3 nitrogen and oxygen atoms in total. The van der Waals surface area contributed by atoms with Crippen LogP contribution in [-0.2, 0) is 0 Å². The molecule has 0 saturated heterocycles. The minimum Gasteiger partial charge on any atom is -0.334 e. The van der Waals surface area contributed by atoms with E-state index in [1.807, 2.05) is 30.2 Å². The second-order valence-electron chi connectivity index (χ2n) is 4.97. The number of fused-ring (bicyclic) bond motifs is 1. The number of benzene rings is 1. The largest absolute Gasteiger partial charge is 0.334 e. The molecule has 3 rings (SSSR count). The summed E-state index contributed by atoms with van der Waals surface area (Å²) >= 11 is 1.81. The van der Waals surface area contributed by atoms with Gasteiger partial charge in [0.05, 0.1) is 6.04 Å². The highest BCUT2D eigenvalue weighted by atomic mass is 32.2. The van der Waals surface area contributed by atoms with Crippen molar-refractivity contribution < 1.29 is 0 Å². The molecule has 0 bridgehead atoms. The van der Waals surface area contributed by atoms with Crippen molar-refractivity contribution in [2.75, 3.05) is 5.32 Å². The molecular formula is C15H17N3S. The smallest absolute Gasteiger partial charge is 0.161 e. The molecule has 1 aliphatic heterocycles. The molecular weight excluding hydrogens is 254 g/mol. The van der Waals surface area contributed by atoms with Gasteiger partial charge >= 0.3 is 0 Å². The molecule has 19 heavy (non-hydrogen) atoms. The molecule has 4 heteroatoms. The summed E-state index contributed by atoms with van der Waals surface area (Å²) in [4.78, 5) is 8.89. The normalized spacial score (nSPS) is 23.2. The number of anilines is 1. The predicted octanol–water partition coefficient (Wildman–Crippen LogP) is 3.92. The SMILES string of the molecule is CC1CC(C)SC(Nc2cccc3ccncc23)=N1. The third-order valence-electron chi connectivity index (χ3n) is 3.25. The van der Waals surface area contributed by atoms with E-state index < -0.39 is 0 Å². The fourth-order valence-electron chi connectivity index (χ4n) is 2.40. The molecule has 0 spiro atoms. The first-order valence-corrected chi connectivity index (χ1v) is 7.44. The van der Waals surface area contributed by atoms with Crippen molar-refractivity contribution in [2.24, 2.45) is 4.99 Å². The first-order valence-electron chi connectivity index (χ1n) is 6.56. The molecule has 0 aliphatic carbocycles. The van der Waals surface area contributed by atoms with Crippen LogP contribution >= 0.6 is 11.8 Å². The number of nitrogens with one attached hydrogen (secondary N) is 1. The van der Waals surface area contributed by atoms with Crippen LogP contribution in [0.15, 0.2) is 41.7 Å². The van der Waals surface area contributed by atoms with Crippen LogP contribution in [0.1, 0.15) is 20.3 Å². The third kappa shape index (κ3) is 2.73. The molecule has 0 radical (unpaired) electrons. The van der Waals surface area contributed by atoms with Crippen molar-refractivity contribution in [1.29, 1.82) is 0 Å². The van der Waals surface area contributed by atoms with Crippen LogP contribution in [-0.4, -0.2) is 21.4 Å². The molecule has 0 fully saturated rings. The van der Waals surface area contributed by atoms with Gasteiger partial charge in [0.25, 0.3) is 0 Å². The molecule has 2 unspecified atom stereocenters. The first kappa shape index (κ1) is 12.5. The van der Waals surface area contributed by atoms with Crippen LogP contribution < -0.4 is 5.32 Å². The van der Waals surface area contributed by atoms with Crippen molar-refractivity contribution in [3.63, 3.8) is 0 Å². The number of nitrogens with zero attached hydrogens (tertiary/aromatic N) is 2. The van der Waals surface area contributed by atoms with Crippen LogP contribution in [0.4, 0.5) is 5.69 Å². The molecule has 2 heterocycles. The lowest BCUT2D eigenvalue weighted by atomic mass is 10.1. The maximum atomic E-state index is 4.68. The quantitative estimate of drug-likeness (QED) is 0.854. The van der Waals surface area contributed by atoms with Gasteiger partial charge in [-0.05, 0) is 30.9 Å². The van der Waals surface area contributed by atoms with Crippen molar-refractivity contribution in [1.82, 2.24) is 4.98 Å². The number of hydrogen-bond donors (Lipinski definition) is 1. The molecule has 0 saturated carbocycles. The van der Waals surface area contributed by atoms with Crippen LogP contribution in [0.2, 0.25) is 0 Å². The summed E-state index contributed by atoms with van der Waals surface area (Å²) in [5, 5.41) is 7.42. The van der Waals surface area contributed by atoms with E-state index in [0.29, 0.717) is 11.3 Å². The van der Waals surface area contributed by atoms with Crippen molar-refractivity contribution >= 4 is 33.4 Å². The Kier molecular flexibility index (Phi) is 3.42. The molecule has 1 aromatic carbocycles. The summed E-state index contributed by atoms with van der Waals surface area (Å²) in [5.74, 6) is 0. The molecule has 1 aromatic heterocycles. The first-order chi connectivity index (χ1) is 9.22. The lowest BCUT2D eigenvalue weighted by molar-refractivity contribution is 0.661. The third-order valence-corrected chi connectivity index (χ3v) is 4.27. The Bertz CT molecular complexity index is 618. The number of pyridine rings is 1. The van der Waals surface area contributed by atoms with Gasteiger partial charge in [0.1, 0.15) is 0 Å². The van der Waals surface area contributed by atoms with Crippen LogP contribution in [0, 0.1) is 0 Å². The number of thioether (sulfide) groups is 1. The molecule has 2 atom stereocenters. The van der Waals surface area contributed by atoms with Gasteiger partial charge in [-0.15, -0.1) is 0 Å². The van der Waals surface area contributed by atoms with Gasteiger partial charge in [-0.2, -0.15) is 0 Å². The molecule has 1 N–H and O–H groups in total. The second kappa shape index (κ2) is 5.21. The fourth-order valence-corrected chi connectivity index (χ4v) is 3.57. The van der Waals surface area contributed by atoms with Gasteiger partial charge in [0, 0.05) is 28.7 Å². The van der Waals surface area contributed by atoms with Crippen molar-refractivity contribution in [2.45, 2.75) is 31.6 Å². The van der Waals surface area contributed by atoms with Gasteiger partial charge in [0.2, 0.25) is 0 Å². The number of aliphatic imine (C=N–C) groups is 1. The Labute approximate surface area is 117 Å². The number of hydrogen-bond acceptors (Lipinski definition) is 4. The van der Waals surface area contributed by atoms with Gasteiger partial charge < -0.3 is 5.32 Å². The summed E-state index contributed by atoms with van der Waals surface area (Å²) in [5.41, 5.74) is 1.08. The van der Waals surface area contributed by atoms with Gasteiger partial charge in [0.15, 0.2) is 5.17 Å². The molecule has 98 valence electrons. The number of rotatable bonds is 1. The lowest BCUT2D eigenvalue weighted by Crippen LogP contribution is -2.22. The van der Waals surface area contributed by atoms with E-state index in [4.69, 9.17) is 0 Å². The fraction of sp³-hybridized carbons (Fsp3) is 0.333. The lowest BCUT2D eigenvalue weighted by Gasteiger charge is -2.23. The highest BCUT2D eigenvalue weighted by Gasteiger charge is 2.18. The monoisotopic (exact) mass is 271 g/mol. The second-order valence-corrected chi connectivity index (χ2v) is 6.40. The van der Waals surface area contributed by atoms with E-state index in [9.17, 15) is 0 Å². The zero-order chi connectivity index (χ0) is 13.2. The van der Waals surface area contributed by atoms with E-state index in [1.54, 1.807) is 0 Å². The topological polar surface area (TPSA) is 37.3 Å². The standard InChI is InChI=1S/C15H17N3S/c1-10-8-11(2)19-15(17-10)18-14-5-3-4-12-6-7-16-9-13(12)14/h3-7,9-11H,8H2,1-2H3,(H,17,18). The molecule has 1 aliphatic rings. The minimum atomic E-state index is 0.395. The highest BCUT2D eigenvalue weighted by Crippen LogP contribution is 2.28. The maximum absolute atomic E-state index is 4.68. The van der Waals surface area contributed by atoms with Gasteiger partial charge in [-0.3, -0.25) is 9.98 Å². The van der Waals surface area contributed by atoms with E-state index in [-0.39, 0.29) is 0 Å². The minimum absolute atomic E-state index is 0.395. The van der Waals surface area contributed by atoms with Crippen molar-refractivity contribution in [3.8, 4) is 0 Å². The predicted molar refractivity (Wildman–Crippen MR) is 83.9 cm³/mol. The average molecular weight is 271 g/mol. The van der Waals surface area contributed by atoms with Crippen LogP contribution in [0.5, 0.6) is 0 Å². The summed E-state index contributed by atoms with van der Waals surface area (Å²) in [6, 6.07) is 8.67. The maximum Gasteiger partial charge on any atom is 0.161 e. The number of amidine groups is 1. The van der Waals surface area contributed by atoms with Crippen LogP contribution in [0.25, 0.3) is 10.8 Å². The summed E-state index contributed by atoms with van der Waals surface area (Å²) < 4.78 is 0. The van der Waals surface area contributed by atoms with Crippen LogP contribution in [0.3, 0.4) is 0 Å². The van der Waals surface area contributed by atoms with Gasteiger partial charge in [-0.25, -0.2) is 0 Å². The Morgan fingerprint density at radius 2 is 2.16 bits per heavy atom.